The number of benzene rings is 3. The maximum Gasteiger partial charge on any atom is 0.307 e. The number of fused-ring (bicyclic) bond motifs is 3. The predicted molar refractivity (Wildman–Crippen MR) is 127 cm³/mol. The number of hydrogen-bond donors (Lipinski definition) is 1. The Hall–Kier alpha value is -4.52. The highest BCUT2D eigenvalue weighted by molar-refractivity contribution is 6.07. The molecule has 0 bridgehead atoms. The van der Waals surface area contributed by atoms with Crippen molar-refractivity contribution < 1.29 is 28.2 Å². The van der Waals surface area contributed by atoms with Gasteiger partial charge in [0.15, 0.2) is 0 Å². The van der Waals surface area contributed by atoms with Crippen molar-refractivity contribution in [3.63, 3.8) is 0 Å². The molecule has 0 unspecified atom stereocenters. The van der Waals surface area contributed by atoms with Crippen LogP contribution in [0.4, 0.5) is 0 Å². The van der Waals surface area contributed by atoms with Crippen LogP contribution in [0.5, 0.6) is 17.2 Å². The summed E-state index contributed by atoms with van der Waals surface area (Å²) in [6.45, 7) is 1.64. The van der Waals surface area contributed by atoms with Gasteiger partial charge in [-0.25, -0.2) is 0 Å². The molecule has 170 valence electrons. The molecule has 0 spiro atoms. The van der Waals surface area contributed by atoms with Crippen LogP contribution in [-0.2, 0) is 11.2 Å². The van der Waals surface area contributed by atoms with Crippen molar-refractivity contribution in [2.45, 2.75) is 13.3 Å². The molecule has 0 aliphatic rings. The summed E-state index contributed by atoms with van der Waals surface area (Å²) in [5.74, 6) is 0.904. The van der Waals surface area contributed by atoms with Crippen molar-refractivity contribution in [3.05, 3.63) is 88.3 Å². The Morgan fingerprint density at radius 3 is 2.35 bits per heavy atom. The van der Waals surface area contributed by atoms with Crippen LogP contribution in [-0.4, -0.2) is 18.2 Å². The Morgan fingerprint density at radius 1 is 0.941 bits per heavy atom. The summed E-state index contributed by atoms with van der Waals surface area (Å²) >= 11 is 0. The van der Waals surface area contributed by atoms with Crippen LogP contribution < -0.4 is 14.9 Å². The SMILES string of the molecule is COc1ccc(-c2oc3ccc4c(=O)c(Oc5ccccc5)c(C)oc4c3c2CC(=O)O)cc1. The van der Waals surface area contributed by atoms with E-state index in [0.717, 1.165) is 0 Å². The molecule has 2 heterocycles. The van der Waals surface area contributed by atoms with Gasteiger partial charge in [0.05, 0.1) is 24.3 Å². The Bertz CT molecular complexity index is 1580. The summed E-state index contributed by atoms with van der Waals surface area (Å²) in [6.07, 6.45) is -0.307. The molecule has 5 rings (SSSR count). The number of hydrogen-bond acceptors (Lipinski definition) is 6. The number of aryl methyl sites for hydroxylation is 1. The van der Waals surface area contributed by atoms with Crippen molar-refractivity contribution in [3.8, 4) is 28.6 Å². The lowest BCUT2D eigenvalue weighted by Gasteiger charge is -2.09. The van der Waals surface area contributed by atoms with Crippen LogP contribution in [0.2, 0.25) is 0 Å². The largest absolute Gasteiger partial charge is 0.497 e. The van der Waals surface area contributed by atoms with E-state index in [9.17, 15) is 14.7 Å². The standard InChI is InChI=1S/C27H20O7/c1-15-25(33-18-6-4-3-5-7-18)24(30)19-12-13-21-23(27(19)32-15)20(14-22(28)29)26(34-21)16-8-10-17(31-2)11-9-16/h3-13H,14H2,1-2H3,(H,28,29). The Balaban J connectivity index is 1.75. The van der Waals surface area contributed by atoms with E-state index in [2.05, 4.69) is 0 Å². The van der Waals surface area contributed by atoms with E-state index >= 15 is 0 Å². The molecule has 0 fully saturated rings. The fourth-order valence-corrected chi connectivity index (χ4v) is 4.01. The maximum absolute atomic E-state index is 13.3. The first-order chi connectivity index (χ1) is 16.5. The third-order valence-corrected chi connectivity index (χ3v) is 5.58. The number of ether oxygens (including phenoxy) is 2. The molecule has 3 aromatic carbocycles. The maximum atomic E-state index is 13.3. The van der Waals surface area contributed by atoms with Crippen LogP contribution in [0.3, 0.4) is 0 Å². The minimum Gasteiger partial charge on any atom is -0.497 e. The summed E-state index contributed by atoms with van der Waals surface area (Å²) in [4.78, 5) is 25.1. The van der Waals surface area contributed by atoms with E-state index in [1.165, 1.54) is 0 Å². The predicted octanol–water partition coefficient (Wildman–Crippen LogP) is 5.94. The topological polar surface area (TPSA) is 99.1 Å². The molecule has 1 N–H and O–H groups in total. The second-order valence-electron chi connectivity index (χ2n) is 7.76. The van der Waals surface area contributed by atoms with Gasteiger partial charge in [-0.2, -0.15) is 0 Å². The third-order valence-electron chi connectivity index (χ3n) is 5.58. The van der Waals surface area contributed by atoms with Gasteiger partial charge < -0.3 is 23.4 Å². The average molecular weight is 456 g/mol. The van der Waals surface area contributed by atoms with Gasteiger partial charge in [-0.1, -0.05) is 18.2 Å². The minimum absolute atomic E-state index is 0.0803. The van der Waals surface area contributed by atoms with E-state index in [0.29, 0.717) is 39.4 Å². The molecule has 5 aromatic rings. The molecule has 0 saturated carbocycles. The third kappa shape index (κ3) is 3.67. The van der Waals surface area contributed by atoms with E-state index in [4.69, 9.17) is 18.3 Å². The van der Waals surface area contributed by atoms with Crippen LogP contribution >= 0.6 is 0 Å². The van der Waals surface area contributed by atoms with Gasteiger partial charge in [-0.15, -0.1) is 0 Å². The zero-order chi connectivity index (χ0) is 23.8. The molecule has 0 radical (unpaired) electrons. The van der Waals surface area contributed by atoms with Crippen molar-refractivity contribution in [1.82, 2.24) is 0 Å². The molecule has 2 aromatic heterocycles. The second kappa shape index (κ2) is 8.44. The number of para-hydroxylation sites is 1. The first-order valence-electron chi connectivity index (χ1n) is 10.6. The fraction of sp³-hybridized carbons (Fsp3) is 0.111. The minimum atomic E-state index is -1.03. The van der Waals surface area contributed by atoms with E-state index in [1.54, 1.807) is 74.7 Å². The molecule has 0 saturated heterocycles. The normalized spacial score (nSPS) is 11.1. The Kier molecular flexibility index (Phi) is 5.30. The van der Waals surface area contributed by atoms with Gasteiger partial charge in [-0.05, 0) is 55.5 Å². The molecule has 0 amide bonds. The van der Waals surface area contributed by atoms with Crippen molar-refractivity contribution in [2.75, 3.05) is 7.11 Å². The molecule has 7 heteroatoms. The Labute approximate surface area is 193 Å². The average Bonchev–Trinajstić information content (AvgIpc) is 3.20. The lowest BCUT2D eigenvalue weighted by atomic mass is 10.0. The number of carbonyl (C=O) groups is 1. The molecule has 0 aliphatic carbocycles. The lowest BCUT2D eigenvalue weighted by molar-refractivity contribution is -0.136. The van der Waals surface area contributed by atoms with Gasteiger partial charge in [0, 0.05) is 11.1 Å². The van der Waals surface area contributed by atoms with Gasteiger partial charge in [0.2, 0.25) is 11.2 Å². The molecule has 0 atom stereocenters. The number of carboxylic acids is 1. The highest BCUT2D eigenvalue weighted by Crippen LogP contribution is 2.39. The van der Waals surface area contributed by atoms with E-state index < -0.39 is 5.97 Å². The highest BCUT2D eigenvalue weighted by atomic mass is 16.5. The van der Waals surface area contributed by atoms with Crippen LogP contribution in [0.25, 0.3) is 33.3 Å². The molecule has 0 aliphatic heterocycles. The summed E-state index contributed by atoms with van der Waals surface area (Å²) in [5, 5.41) is 10.3. The molecular weight excluding hydrogens is 436 g/mol. The van der Waals surface area contributed by atoms with Crippen LogP contribution in [0.15, 0.2) is 80.4 Å². The lowest BCUT2D eigenvalue weighted by Crippen LogP contribution is -2.08. The summed E-state index contributed by atoms with van der Waals surface area (Å²) in [7, 11) is 1.57. The molecule has 34 heavy (non-hydrogen) atoms. The summed E-state index contributed by atoms with van der Waals surface area (Å²) < 4.78 is 23.2. The van der Waals surface area contributed by atoms with Crippen molar-refractivity contribution >= 4 is 27.9 Å². The number of carboxylic acid groups (broad SMARTS) is 1. The number of methoxy groups -OCH3 is 1. The molecule has 7 nitrogen and oxygen atoms in total. The van der Waals surface area contributed by atoms with Crippen molar-refractivity contribution in [2.24, 2.45) is 0 Å². The monoisotopic (exact) mass is 456 g/mol. The first-order valence-corrected chi connectivity index (χ1v) is 10.6. The van der Waals surface area contributed by atoms with Gasteiger partial charge in [-0.3, -0.25) is 9.59 Å². The van der Waals surface area contributed by atoms with Gasteiger partial charge in [0.1, 0.15) is 34.2 Å². The smallest absolute Gasteiger partial charge is 0.307 e. The summed E-state index contributed by atoms with van der Waals surface area (Å²) in [5.41, 5.74) is 1.45. The van der Waals surface area contributed by atoms with Crippen LogP contribution in [0.1, 0.15) is 11.3 Å². The van der Waals surface area contributed by atoms with E-state index in [-0.39, 0.29) is 34.3 Å². The first kappa shape index (κ1) is 21.3. The van der Waals surface area contributed by atoms with Gasteiger partial charge >= 0.3 is 5.97 Å². The number of furan rings is 1. The fourth-order valence-electron chi connectivity index (χ4n) is 4.01. The highest BCUT2D eigenvalue weighted by Gasteiger charge is 2.24. The number of rotatable bonds is 6. The number of aliphatic carboxylic acids is 1. The summed E-state index contributed by atoms with van der Waals surface area (Å²) in [6, 6.07) is 19.3. The quantitative estimate of drug-likeness (QED) is 0.337. The second-order valence-corrected chi connectivity index (χ2v) is 7.76. The van der Waals surface area contributed by atoms with Crippen LogP contribution in [0, 0.1) is 6.92 Å². The Morgan fingerprint density at radius 2 is 1.68 bits per heavy atom. The molecular formula is C27H20O7. The zero-order valence-electron chi connectivity index (χ0n) is 18.5. The van der Waals surface area contributed by atoms with Gasteiger partial charge in [0.25, 0.3) is 0 Å². The van der Waals surface area contributed by atoms with E-state index in [1.807, 2.05) is 6.07 Å². The van der Waals surface area contributed by atoms with Crippen molar-refractivity contribution in [1.29, 1.82) is 0 Å². The zero-order valence-corrected chi connectivity index (χ0v) is 18.5.